The fourth-order valence-electron chi connectivity index (χ4n) is 1.89. The number of benzene rings is 1. The van der Waals surface area contributed by atoms with Gasteiger partial charge in [0.25, 0.3) is 0 Å². The number of carbonyl (C=O) groups excluding carboxylic acids is 1. The lowest BCUT2D eigenvalue weighted by molar-refractivity contribution is 0.101. The smallest absolute Gasteiger partial charge is 0.159 e. The van der Waals surface area contributed by atoms with Crippen LogP contribution >= 0.6 is 0 Å². The highest BCUT2D eigenvalue weighted by atomic mass is 16.5. The van der Waals surface area contributed by atoms with Gasteiger partial charge < -0.3 is 9.84 Å². The Morgan fingerprint density at radius 3 is 2.44 bits per heavy atom. The number of hydrogen-bond acceptors (Lipinski definition) is 3. The van der Waals surface area contributed by atoms with E-state index in [2.05, 4.69) is 6.58 Å². The van der Waals surface area contributed by atoms with Crippen LogP contribution in [0, 0.1) is 0 Å². The fourth-order valence-corrected chi connectivity index (χ4v) is 1.89. The number of ketones is 1. The molecule has 3 heteroatoms. The maximum Gasteiger partial charge on any atom is 0.159 e. The molecule has 0 spiro atoms. The first-order chi connectivity index (χ1) is 8.38. The average molecular weight is 248 g/mol. The normalized spacial score (nSPS) is 12.1. The largest absolute Gasteiger partial charge is 0.493 e. The van der Waals surface area contributed by atoms with Crippen molar-refractivity contribution in [3.05, 3.63) is 35.4 Å². The van der Waals surface area contributed by atoms with Crippen LogP contribution in [0.15, 0.2) is 18.7 Å². The van der Waals surface area contributed by atoms with Crippen LogP contribution in [0.3, 0.4) is 0 Å². The summed E-state index contributed by atoms with van der Waals surface area (Å²) in [5.41, 5.74) is 2.84. The lowest BCUT2D eigenvalue weighted by Gasteiger charge is -2.18. The van der Waals surface area contributed by atoms with Crippen LogP contribution in [0.1, 0.15) is 55.3 Å². The van der Waals surface area contributed by atoms with E-state index in [-0.39, 0.29) is 5.78 Å². The number of carbonyl (C=O) groups is 1. The van der Waals surface area contributed by atoms with Crippen LogP contribution in [0.25, 0.3) is 5.57 Å². The second kappa shape index (κ2) is 5.83. The maximum atomic E-state index is 11.5. The molecule has 18 heavy (non-hydrogen) atoms. The van der Waals surface area contributed by atoms with Crippen LogP contribution in [-0.2, 0) is 0 Å². The van der Waals surface area contributed by atoms with Crippen LogP contribution < -0.4 is 4.74 Å². The molecule has 1 atom stereocenters. The Kier molecular flexibility index (Phi) is 4.68. The molecule has 0 saturated carbocycles. The molecule has 1 aromatic rings. The molecule has 0 saturated heterocycles. The molecule has 98 valence electrons. The average Bonchev–Trinajstić information content (AvgIpc) is 2.27. The summed E-state index contributed by atoms with van der Waals surface area (Å²) < 4.78 is 5.53. The second-order valence-electron chi connectivity index (χ2n) is 4.38. The molecule has 3 nitrogen and oxygen atoms in total. The number of rotatable bonds is 5. The molecule has 0 fully saturated rings. The molecular weight excluding hydrogens is 228 g/mol. The molecule has 0 aromatic heterocycles. The highest BCUT2D eigenvalue weighted by Crippen LogP contribution is 2.34. The molecule has 0 aliphatic carbocycles. The Balaban J connectivity index is 3.54. The number of aliphatic hydroxyl groups excluding tert-OH is 1. The first-order valence-electron chi connectivity index (χ1n) is 6.04. The molecule has 1 unspecified atom stereocenters. The SMILES string of the molecule is C=C(C)c1cc(C(C)=O)cc(OCC)c1C(C)O. The molecule has 1 aromatic carbocycles. The molecule has 0 aliphatic heterocycles. The van der Waals surface area contributed by atoms with Crippen molar-refractivity contribution in [3.63, 3.8) is 0 Å². The van der Waals surface area contributed by atoms with Gasteiger partial charge in [0, 0.05) is 11.1 Å². The predicted molar refractivity (Wildman–Crippen MR) is 73.0 cm³/mol. The van der Waals surface area contributed by atoms with Gasteiger partial charge in [0.1, 0.15) is 5.75 Å². The predicted octanol–water partition coefficient (Wildman–Crippen LogP) is 3.37. The van der Waals surface area contributed by atoms with Crippen LogP contribution in [0.2, 0.25) is 0 Å². The van der Waals surface area contributed by atoms with Gasteiger partial charge in [-0.05, 0) is 45.4 Å². The summed E-state index contributed by atoms with van der Waals surface area (Å²) in [4.78, 5) is 11.5. The summed E-state index contributed by atoms with van der Waals surface area (Å²) in [5, 5.41) is 9.88. The summed E-state index contributed by atoms with van der Waals surface area (Å²) >= 11 is 0. The van der Waals surface area contributed by atoms with E-state index in [9.17, 15) is 9.90 Å². The van der Waals surface area contributed by atoms with Crippen LogP contribution in [-0.4, -0.2) is 17.5 Å². The van der Waals surface area contributed by atoms with E-state index >= 15 is 0 Å². The van der Waals surface area contributed by atoms with E-state index in [0.717, 1.165) is 11.1 Å². The molecule has 0 radical (unpaired) electrons. The maximum absolute atomic E-state index is 11.5. The second-order valence-corrected chi connectivity index (χ2v) is 4.38. The Morgan fingerprint density at radius 1 is 1.44 bits per heavy atom. The highest BCUT2D eigenvalue weighted by Gasteiger charge is 2.18. The van der Waals surface area contributed by atoms with Crippen LogP contribution in [0.5, 0.6) is 5.75 Å². The minimum atomic E-state index is -0.667. The monoisotopic (exact) mass is 248 g/mol. The van der Waals surface area contributed by atoms with Gasteiger partial charge in [-0.2, -0.15) is 0 Å². The van der Waals surface area contributed by atoms with E-state index < -0.39 is 6.10 Å². The van der Waals surface area contributed by atoms with E-state index in [1.807, 2.05) is 13.8 Å². The number of Topliss-reactive ketones (excluding diaryl/α,β-unsaturated/α-hetero) is 1. The van der Waals surface area contributed by atoms with E-state index in [4.69, 9.17) is 4.74 Å². The van der Waals surface area contributed by atoms with E-state index in [1.165, 1.54) is 6.92 Å². The molecular formula is C15H20O3. The zero-order chi connectivity index (χ0) is 13.9. The third-order valence-electron chi connectivity index (χ3n) is 2.73. The molecule has 0 amide bonds. The molecule has 1 N–H and O–H groups in total. The Bertz CT molecular complexity index is 473. The summed E-state index contributed by atoms with van der Waals surface area (Å²) in [6, 6.07) is 3.44. The topological polar surface area (TPSA) is 46.5 Å². The van der Waals surface area contributed by atoms with Gasteiger partial charge in [0.05, 0.1) is 12.7 Å². The zero-order valence-electron chi connectivity index (χ0n) is 11.4. The minimum absolute atomic E-state index is 0.0319. The van der Waals surface area contributed by atoms with Crippen molar-refractivity contribution in [2.24, 2.45) is 0 Å². The standard InChI is InChI=1S/C15H20O3/c1-6-18-14-8-12(10(4)16)7-13(9(2)3)15(14)11(5)17/h7-8,11,17H,2,6H2,1,3-5H3. The van der Waals surface area contributed by atoms with Crippen molar-refractivity contribution >= 4 is 11.4 Å². The molecule has 0 aliphatic rings. The first kappa shape index (κ1) is 14.5. The third-order valence-corrected chi connectivity index (χ3v) is 2.73. The number of allylic oxidation sites excluding steroid dienone is 1. The van der Waals surface area contributed by atoms with Crippen molar-refractivity contribution in [1.29, 1.82) is 0 Å². The summed E-state index contributed by atoms with van der Waals surface area (Å²) in [6.45, 7) is 11.3. The Morgan fingerprint density at radius 2 is 2.06 bits per heavy atom. The van der Waals surface area contributed by atoms with Crippen molar-refractivity contribution in [1.82, 2.24) is 0 Å². The molecule has 0 heterocycles. The summed E-state index contributed by atoms with van der Waals surface area (Å²) in [5.74, 6) is 0.522. The van der Waals surface area contributed by atoms with Crippen molar-refractivity contribution < 1.29 is 14.6 Å². The minimum Gasteiger partial charge on any atom is -0.493 e. The van der Waals surface area contributed by atoms with E-state index in [0.29, 0.717) is 23.5 Å². The summed E-state index contributed by atoms with van der Waals surface area (Å²) in [6.07, 6.45) is -0.667. The number of hydrogen-bond donors (Lipinski definition) is 1. The molecule has 1 rings (SSSR count). The Hall–Kier alpha value is -1.61. The fraction of sp³-hybridized carbons (Fsp3) is 0.400. The third kappa shape index (κ3) is 2.99. The van der Waals surface area contributed by atoms with Gasteiger partial charge in [-0.25, -0.2) is 0 Å². The van der Waals surface area contributed by atoms with Gasteiger partial charge in [-0.1, -0.05) is 12.2 Å². The number of aliphatic hydroxyl groups is 1. The molecule has 0 bridgehead atoms. The van der Waals surface area contributed by atoms with Crippen LogP contribution in [0.4, 0.5) is 0 Å². The Labute approximate surface area is 108 Å². The van der Waals surface area contributed by atoms with E-state index in [1.54, 1.807) is 19.1 Å². The van der Waals surface area contributed by atoms with Crippen molar-refractivity contribution in [3.8, 4) is 5.75 Å². The van der Waals surface area contributed by atoms with Gasteiger partial charge in [-0.15, -0.1) is 0 Å². The van der Waals surface area contributed by atoms with Gasteiger partial charge in [0.2, 0.25) is 0 Å². The van der Waals surface area contributed by atoms with Gasteiger partial charge in [-0.3, -0.25) is 4.79 Å². The van der Waals surface area contributed by atoms with Crippen molar-refractivity contribution in [2.75, 3.05) is 6.61 Å². The first-order valence-corrected chi connectivity index (χ1v) is 6.04. The summed E-state index contributed by atoms with van der Waals surface area (Å²) in [7, 11) is 0. The number of ether oxygens (including phenoxy) is 1. The van der Waals surface area contributed by atoms with Gasteiger partial charge in [0.15, 0.2) is 5.78 Å². The highest BCUT2D eigenvalue weighted by molar-refractivity contribution is 5.95. The van der Waals surface area contributed by atoms with Crippen molar-refractivity contribution in [2.45, 2.75) is 33.8 Å². The lowest BCUT2D eigenvalue weighted by atomic mass is 9.94. The quantitative estimate of drug-likeness (QED) is 0.813. The lowest BCUT2D eigenvalue weighted by Crippen LogP contribution is -2.06. The van der Waals surface area contributed by atoms with Gasteiger partial charge >= 0.3 is 0 Å². The zero-order valence-corrected chi connectivity index (χ0v) is 11.4.